The molecule has 3 aromatic heterocycles. The number of nitrogens with zero attached hydrogens (tertiary/aromatic N) is 3. The van der Waals surface area contributed by atoms with Crippen LogP contribution in [0.15, 0.2) is 101 Å². The molecule has 244 valence electrons. The molecule has 1 aliphatic heterocycles. The summed E-state index contributed by atoms with van der Waals surface area (Å²) < 4.78 is 7.22. The number of likely N-dealkylation sites (tertiary alicyclic amines) is 1. The molecular weight excluding hydrogens is 604 g/mol. The third-order valence-corrected chi connectivity index (χ3v) is 8.76. The Balaban J connectivity index is 1.05. The minimum Gasteiger partial charge on any atom is -0.444 e. The van der Waals surface area contributed by atoms with E-state index < -0.39 is 11.7 Å². The smallest absolute Gasteiger partial charge is 0.412 e. The summed E-state index contributed by atoms with van der Waals surface area (Å²) in [6.45, 7) is 7.94. The van der Waals surface area contributed by atoms with Gasteiger partial charge in [0.1, 0.15) is 5.60 Å². The van der Waals surface area contributed by atoms with Crippen molar-refractivity contribution in [2.75, 3.05) is 18.4 Å². The molecule has 0 unspecified atom stereocenters. The number of amides is 1. The van der Waals surface area contributed by atoms with Crippen LogP contribution in [-0.4, -0.2) is 49.2 Å². The normalized spacial score (nSPS) is 14.4. The van der Waals surface area contributed by atoms with E-state index in [1.807, 2.05) is 79.9 Å². The van der Waals surface area contributed by atoms with Crippen molar-refractivity contribution < 1.29 is 9.53 Å². The van der Waals surface area contributed by atoms with Gasteiger partial charge in [-0.3, -0.25) is 19.6 Å². The third-order valence-electron chi connectivity index (χ3n) is 8.76. The van der Waals surface area contributed by atoms with Crippen molar-refractivity contribution in [3.63, 3.8) is 0 Å². The van der Waals surface area contributed by atoms with Gasteiger partial charge >= 0.3 is 11.8 Å². The summed E-state index contributed by atoms with van der Waals surface area (Å²) in [4.78, 5) is 51.0. The van der Waals surface area contributed by atoms with E-state index >= 15 is 0 Å². The van der Waals surface area contributed by atoms with Gasteiger partial charge in [-0.25, -0.2) is 14.6 Å². The SMILES string of the molecule is CC(C)(C)OC(=O)Nc1ccc2[nH]c(=O)n(C3CCN(Cc4ccc(-c5nc6cc[nH]c(=O)c6cc5-c5ccccc5)cc4)CC3)c2c1. The number of imidazole rings is 1. The van der Waals surface area contributed by atoms with Crippen molar-refractivity contribution in [2.24, 2.45) is 0 Å². The largest absolute Gasteiger partial charge is 0.444 e. The summed E-state index contributed by atoms with van der Waals surface area (Å²) in [5.41, 5.74) is 6.76. The van der Waals surface area contributed by atoms with Crippen LogP contribution in [0.3, 0.4) is 0 Å². The Labute approximate surface area is 277 Å². The van der Waals surface area contributed by atoms with Gasteiger partial charge in [0.15, 0.2) is 0 Å². The molecule has 1 fully saturated rings. The van der Waals surface area contributed by atoms with E-state index in [9.17, 15) is 14.4 Å². The zero-order valence-corrected chi connectivity index (χ0v) is 27.2. The van der Waals surface area contributed by atoms with E-state index in [0.29, 0.717) is 16.6 Å². The summed E-state index contributed by atoms with van der Waals surface area (Å²) in [7, 11) is 0. The lowest BCUT2D eigenvalue weighted by Crippen LogP contribution is -2.36. The number of rotatable bonds is 6. The van der Waals surface area contributed by atoms with Gasteiger partial charge in [0.25, 0.3) is 5.56 Å². The molecular formula is C38H38N6O4. The molecule has 6 aromatic rings. The first-order chi connectivity index (χ1) is 23.1. The first-order valence-electron chi connectivity index (χ1n) is 16.3. The minimum absolute atomic E-state index is 0.0456. The molecule has 0 spiro atoms. The second-order valence-electron chi connectivity index (χ2n) is 13.4. The highest BCUT2D eigenvalue weighted by atomic mass is 16.6. The number of carbonyl (C=O) groups is 1. The fourth-order valence-corrected chi connectivity index (χ4v) is 6.51. The number of anilines is 1. The van der Waals surface area contributed by atoms with E-state index in [2.05, 4.69) is 44.5 Å². The maximum atomic E-state index is 13.0. The highest BCUT2D eigenvalue weighted by Gasteiger charge is 2.24. The van der Waals surface area contributed by atoms with Gasteiger partial charge in [-0.2, -0.15) is 0 Å². The van der Waals surface area contributed by atoms with Crippen LogP contribution in [0.25, 0.3) is 44.3 Å². The molecule has 3 aromatic carbocycles. The Morgan fingerprint density at radius 3 is 2.42 bits per heavy atom. The number of nitrogens with one attached hydrogen (secondary N) is 3. The Morgan fingerprint density at radius 2 is 1.69 bits per heavy atom. The van der Waals surface area contributed by atoms with Crippen molar-refractivity contribution in [3.8, 4) is 22.4 Å². The average molecular weight is 643 g/mol. The van der Waals surface area contributed by atoms with Gasteiger partial charge in [-0.15, -0.1) is 0 Å². The lowest BCUT2D eigenvalue weighted by molar-refractivity contribution is 0.0636. The molecule has 1 amide bonds. The molecule has 0 bridgehead atoms. The summed E-state index contributed by atoms with van der Waals surface area (Å²) in [5.74, 6) is 0. The van der Waals surface area contributed by atoms with Crippen LogP contribution in [0.5, 0.6) is 0 Å². The van der Waals surface area contributed by atoms with Crippen LogP contribution >= 0.6 is 0 Å². The zero-order chi connectivity index (χ0) is 33.4. The second kappa shape index (κ2) is 12.6. The van der Waals surface area contributed by atoms with E-state index in [1.165, 1.54) is 5.56 Å². The number of benzene rings is 3. The minimum atomic E-state index is -0.608. The van der Waals surface area contributed by atoms with Crippen molar-refractivity contribution in [1.82, 2.24) is 24.4 Å². The van der Waals surface area contributed by atoms with E-state index in [0.717, 1.165) is 65.9 Å². The lowest BCUT2D eigenvalue weighted by atomic mass is 9.97. The molecule has 10 heteroatoms. The molecule has 1 aliphatic rings. The number of aromatic nitrogens is 4. The Morgan fingerprint density at radius 1 is 0.938 bits per heavy atom. The second-order valence-corrected chi connectivity index (χ2v) is 13.4. The van der Waals surface area contributed by atoms with E-state index in [-0.39, 0.29) is 17.3 Å². The van der Waals surface area contributed by atoms with Crippen molar-refractivity contribution >= 4 is 33.7 Å². The van der Waals surface area contributed by atoms with Crippen LogP contribution in [0.4, 0.5) is 10.5 Å². The summed E-state index contributed by atoms with van der Waals surface area (Å²) in [5, 5.41) is 3.35. The highest BCUT2D eigenvalue weighted by Crippen LogP contribution is 2.33. The molecule has 4 heterocycles. The molecule has 0 aliphatic carbocycles. The molecule has 0 saturated carbocycles. The zero-order valence-electron chi connectivity index (χ0n) is 27.2. The number of carbonyl (C=O) groups excluding carboxylic acids is 1. The van der Waals surface area contributed by atoms with Crippen molar-refractivity contribution in [2.45, 2.75) is 51.8 Å². The topological polar surface area (TPSA) is 125 Å². The van der Waals surface area contributed by atoms with Crippen molar-refractivity contribution in [1.29, 1.82) is 0 Å². The van der Waals surface area contributed by atoms with Crippen LogP contribution in [0.1, 0.15) is 45.2 Å². The Hall–Kier alpha value is -5.48. The molecule has 0 radical (unpaired) electrons. The van der Waals surface area contributed by atoms with Crippen LogP contribution in [-0.2, 0) is 11.3 Å². The average Bonchev–Trinajstić information content (AvgIpc) is 3.39. The number of hydrogen-bond donors (Lipinski definition) is 3. The number of pyridine rings is 2. The molecule has 48 heavy (non-hydrogen) atoms. The fraction of sp³-hybridized carbons (Fsp3) is 0.263. The highest BCUT2D eigenvalue weighted by molar-refractivity contribution is 5.91. The van der Waals surface area contributed by atoms with Gasteiger partial charge in [-0.05, 0) is 75.1 Å². The standard InChI is InChI=1S/C38H38N6O4/c1-38(2,3)48-37(47)40-27-13-14-32-33(21-27)44(36(46)42-32)28-16-19-43(20-17-28)23-24-9-11-26(12-10-24)34-29(25-7-5-4-6-8-25)22-30-31(41-34)15-18-39-35(30)45/h4-15,18,21-22,28H,16-17,19-20,23H2,1-3H3,(H,39,45)(H,40,47)(H,42,46). The quantitative estimate of drug-likeness (QED) is 0.178. The molecule has 10 nitrogen and oxygen atoms in total. The Bertz CT molecular complexity index is 2220. The molecule has 1 saturated heterocycles. The predicted octanol–water partition coefficient (Wildman–Crippen LogP) is 7.08. The first kappa shape index (κ1) is 31.1. The number of piperidine rings is 1. The maximum absolute atomic E-state index is 13.0. The number of fused-ring (bicyclic) bond motifs is 2. The van der Waals surface area contributed by atoms with Crippen LogP contribution < -0.4 is 16.6 Å². The number of H-pyrrole nitrogens is 2. The van der Waals surface area contributed by atoms with E-state index in [1.54, 1.807) is 12.3 Å². The fourth-order valence-electron chi connectivity index (χ4n) is 6.51. The monoisotopic (exact) mass is 642 g/mol. The molecule has 0 atom stereocenters. The lowest BCUT2D eigenvalue weighted by Gasteiger charge is -2.32. The number of aromatic amines is 2. The van der Waals surface area contributed by atoms with Gasteiger partial charge in [-0.1, -0.05) is 54.6 Å². The van der Waals surface area contributed by atoms with E-state index in [4.69, 9.17) is 9.72 Å². The predicted molar refractivity (Wildman–Crippen MR) is 189 cm³/mol. The van der Waals surface area contributed by atoms with Gasteiger partial charge in [0.05, 0.1) is 27.6 Å². The molecule has 7 rings (SSSR count). The van der Waals surface area contributed by atoms with Crippen molar-refractivity contribution in [3.05, 3.63) is 118 Å². The first-order valence-corrected chi connectivity index (χ1v) is 16.3. The summed E-state index contributed by atoms with van der Waals surface area (Å²) >= 11 is 0. The van der Waals surface area contributed by atoms with Crippen LogP contribution in [0, 0.1) is 0 Å². The number of ether oxygens (including phenoxy) is 1. The maximum Gasteiger partial charge on any atom is 0.412 e. The number of hydrogen-bond acceptors (Lipinski definition) is 6. The Kier molecular flexibility index (Phi) is 8.18. The summed E-state index contributed by atoms with van der Waals surface area (Å²) in [6, 6.07) is 27.7. The van der Waals surface area contributed by atoms with Gasteiger partial charge in [0.2, 0.25) is 0 Å². The molecule has 3 N–H and O–H groups in total. The van der Waals surface area contributed by atoms with Gasteiger partial charge < -0.3 is 14.7 Å². The van der Waals surface area contributed by atoms with Crippen LogP contribution in [0.2, 0.25) is 0 Å². The third kappa shape index (κ3) is 6.52. The summed E-state index contributed by atoms with van der Waals surface area (Å²) in [6.07, 6.45) is 2.76. The van der Waals surface area contributed by atoms with Gasteiger partial charge in [0, 0.05) is 48.7 Å².